The van der Waals surface area contributed by atoms with Gasteiger partial charge in [0.2, 0.25) is 0 Å². The second-order valence-corrected chi connectivity index (χ2v) is 14.8. The molecule has 47 heavy (non-hydrogen) atoms. The van der Waals surface area contributed by atoms with Crippen LogP contribution in [0.25, 0.3) is 0 Å². The van der Waals surface area contributed by atoms with Crippen molar-refractivity contribution < 1.29 is 4.79 Å². The lowest BCUT2D eigenvalue weighted by molar-refractivity contribution is 0.246. The molecule has 0 radical (unpaired) electrons. The van der Waals surface area contributed by atoms with Crippen molar-refractivity contribution in [3.63, 3.8) is 0 Å². The highest BCUT2D eigenvalue weighted by molar-refractivity contribution is 5.92. The van der Waals surface area contributed by atoms with E-state index in [1.165, 1.54) is 198 Å². The second-order valence-electron chi connectivity index (χ2n) is 14.8. The van der Waals surface area contributed by atoms with Crippen LogP contribution in [-0.2, 0) is 0 Å². The maximum Gasteiger partial charge on any atom is 0.321 e. The monoisotopic (exact) mass is 655 g/mol. The Hall–Kier alpha value is -1.51. The SMILES string of the molecule is CCCCCCCCCCCCCCCCCCNC(=O)N(CCCCCCCCCCCCCCCCCC)c1ccccc1C. The third-order valence-electron chi connectivity index (χ3n) is 10.2. The number of carbonyl (C=O) groups excluding carboxylic acids is 1. The fourth-order valence-corrected chi connectivity index (χ4v) is 6.98. The quantitative estimate of drug-likeness (QED) is 0.0726. The van der Waals surface area contributed by atoms with Crippen LogP contribution in [-0.4, -0.2) is 19.1 Å². The molecular formula is C44H82N2O. The van der Waals surface area contributed by atoms with Gasteiger partial charge in [0.1, 0.15) is 0 Å². The highest BCUT2D eigenvalue weighted by atomic mass is 16.2. The standard InChI is InChI=1S/C44H82N2O/c1-4-6-8-10-12-14-16-18-20-22-24-26-28-30-32-36-40-45-44(47)46(43-39-35-34-38-42(43)3)41-37-33-31-29-27-25-23-21-19-17-15-13-11-9-7-5-2/h34-35,38-39H,4-33,36-37,40-41H2,1-3H3,(H,45,47). The lowest BCUT2D eigenvalue weighted by atomic mass is 10.0. The maximum absolute atomic E-state index is 13.3. The first-order chi connectivity index (χ1) is 23.2. The highest BCUT2D eigenvalue weighted by Crippen LogP contribution is 2.21. The van der Waals surface area contributed by atoms with Crippen molar-refractivity contribution in [2.24, 2.45) is 0 Å². The lowest BCUT2D eigenvalue weighted by Crippen LogP contribution is -2.41. The van der Waals surface area contributed by atoms with Crippen LogP contribution in [0.2, 0.25) is 0 Å². The van der Waals surface area contributed by atoms with Gasteiger partial charge in [-0.2, -0.15) is 0 Å². The summed E-state index contributed by atoms with van der Waals surface area (Å²) in [6.45, 7) is 8.32. The molecule has 0 atom stereocenters. The number of benzene rings is 1. The van der Waals surface area contributed by atoms with Crippen LogP contribution in [0.1, 0.15) is 225 Å². The molecule has 3 heteroatoms. The molecule has 0 aliphatic rings. The fourth-order valence-electron chi connectivity index (χ4n) is 6.98. The summed E-state index contributed by atoms with van der Waals surface area (Å²) in [5, 5.41) is 3.25. The minimum absolute atomic E-state index is 0.0845. The van der Waals surface area contributed by atoms with E-state index in [1.54, 1.807) is 0 Å². The average molecular weight is 655 g/mol. The number of rotatable bonds is 35. The van der Waals surface area contributed by atoms with Crippen LogP contribution in [0.4, 0.5) is 10.5 Å². The van der Waals surface area contributed by atoms with Gasteiger partial charge < -0.3 is 5.32 Å². The zero-order chi connectivity index (χ0) is 33.9. The molecule has 0 aliphatic carbocycles. The Bertz CT molecular complexity index is 793. The number of carbonyl (C=O) groups is 1. The number of aryl methyl sites for hydroxylation is 1. The number of para-hydroxylation sites is 1. The van der Waals surface area contributed by atoms with Gasteiger partial charge in [0.25, 0.3) is 0 Å². The fraction of sp³-hybridized carbons (Fsp3) is 0.841. The number of nitrogens with zero attached hydrogens (tertiary/aromatic N) is 1. The molecule has 0 bridgehead atoms. The third-order valence-corrected chi connectivity index (χ3v) is 10.2. The van der Waals surface area contributed by atoms with Crippen LogP contribution < -0.4 is 10.2 Å². The van der Waals surface area contributed by atoms with Gasteiger partial charge in [0.15, 0.2) is 0 Å². The molecule has 3 nitrogen and oxygen atoms in total. The molecule has 0 aliphatic heterocycles. The molecule has 0 saturated carbocycles. The highest BCUT2D eigenvalue weighted by Gasteiger charge is 2.16. The van der Waals surface area contributed by atoms with Crippen molar-refractivity contribution >= 4 is 11.7 Å². The van der Waals surface area contributed by atoms with E-state index in [9.17, 15) is 4.79 Å². The number of nitrogens with one attached hydrogen (secondary N) is 1. The van der Waals surface area contributed by atoms with E-state index < -0.39 is 0 Å². The minimum atomic E-state index is 0.0845. The summed E-state index contributed by atoms with van der Waals surface area (Å²) in [5.41, 5.74) is 2.25. The first kappa shape index (κ1) is 43.5. The third kappa shape index (κ3) is 27.1. The van der Waals surface area contributed by atoms with Crippen molar-refractivity contribution in [1.82, 2.24) is 5.32 Å². The van der Waals surface area contributed by atoms with Gasteiger partial charge in [-0.3, -0.25) is 4.90 Å². The Morgan fingerprint density at radius 3 is 1.15 bits per heavy atom. The predicted octanol–water partition coefficient (Wildman–Crippen LogP) is 15.0. The van der Waals surface area contributed by atoms with Gasteiger partial charge in [-0.15, -0.1) is 0 Å². The van der Waals surface area contributed by atoms with Crippen LogP contribution in [0, 0.1) is 6.92 Å². The number of hydrogen-bond donors (Lipinski definition) is 1. The van der Waals surface area contributed by atoms with Gasteiger partial charge in [-0.05, 0) is 31.4 Å². The normalized spacial score (nSPS) is 11.3. The Balaban J connectivity index is 2.07. The Morgan fingerprint density at radius 2 is 0.787 bits per heavy atom. The summed E-state index contributed by atoms with van der Waals surface area (Å²) in [7, 11) is 0. The van der Waals surface area contributed by atoms with Gasteiger partial charge in [-0.1, -0.05) is 225 Å². The van der Waals surface area contributed by atoms with E-state index >= 15 is 0 Å². The van der Waals surface area contributed by atoms with Gasteiger partial charge in [0.05, 0.1) is 0 Å². The summed E-state index contributed by atoms with van der Waals surface area (Å²) in [5.74, 6) is 0. The van der Waals surface area contributed by atoms with Crippen molar-refractivity contribution in [3.8, 4) is 0 Å². The van der Waals surface area contributed by atoms with Crippen LogP contribution in [0.15, 0.2) is 24.3 Å². The second kappa shape index (κ2) is 34.4. The molecule has 0 aromatic heterocycles. The van der Waals surface area contributed by atoms with Gasteiger partial charge >= 0.3 is 6.03 Å². The predicted molar refractivity (Wildman–Crippen MR) is 211 cm³/mol. The summed E-state index contributed by atoms with van der Waals surface area (Å²) < 4.78 is 0. The molecule has 1 rings (SSSR count). The molecule has 2 amide bonds. The van der Waals surface area contributed by atoms with Crippen molar-refractivity contribution in [2.75, 3.05) is 18.0 Å². The Labute approximate surface area is 295 Å². The van der Waals surface area contributed by atoms with Crippen molar-refractivity contribution in [2.45, 2.75) is 226 Å². The maximum atomic E-state index is 13.3. The molecule has 0 unspecified atom stereocenters. The summed E-state index contributed by atoms with van der Waals surface area (Å²) in [6.07, 6.45) is 44.0. The van der Waals surface area contributed by atoms with E-state index in [0.29, 0.717) is 0 Å². The molecule has 0 spiro atoms. The Morgan fingerprint density at radius 1 is 0.468 bits per heavy atom. The van der Waals surface area contributed by atoms with Crippen LogP contribution in [0.3, 0.4) is 0 Å². The van der Waals surface area contributed by atoms with Crippen LogP contribution >= 0.6 is 0 Å². The molecule has 0 saturated heterocycles. The molecule has 1 aromatic rings. The summed E-state index contributed by atoms with van der Waals surface area (Å²) in [4.78, 5) is 15.3. The van der Waals surface area contributed by atoms with Gasteiger partial charge in [0, 0.05) is 18.8 Å². The van der Waals surface area contributed by atoms with E-state index in [0.717, 1.165) is 31.6 Å². The zero-order valence-corrected chi connectivity index (χ0v) is 32.2. The van der Waals surface area contributed by atoms with Crippen molar-refractivity contribution in [3.05, 3.63) is 29.8 Å². The molecule has 1 aromatic carbocycles. The topological polar surface area (TPSA) is 32.3 Å². The number of hydrogen-bond acceptors (Lipinski definition) is 1. The largest absolute Gasteiger partial charge is 0.338 e. The number of unbranched alkanes of at least 4 members (excludes halogenated alkanes) is 30. The summed E-state index contributed by atoms with van der Waals surface area (Å²) in [6, 6.07) is 8.45. The van der Waals surface area contributed by atoms with E-state index in [4.69, 9.17) is 0 Å². The molecule has 1 N–H and O–H groups in total. The zero-order valence-electron chi connectivity index (χ0n) is 32.2. The molecule has 0 heterocycles. The molecule has 0 fully saturated rings. The van der Waals surface area contributed by atoms with E-state index in [-0.39, 0.29) is 6.03 Å². The first-order valence-electron chi connectivity index (χ1n) is 21.3. The number of urea groups is 1. The number of amides is 2. The smallest absolute Gasteiger partial charge is 0.321 e. The van der Waals surface area contributed by atoms with E-state index in [1.807, 2.05) is 4.90 Å². The summed E-state index contributed by atoms with van der Waals surface area (Å²) >= 11 is 0. The van der Waals surface area contributed by atoms with Crippen LogP contribution in [0.5, 0.6) is 0 Å². The first-order valence-corrected chi connectivity index (χ1v) is 21.3. The molecule has 274 valence electrons. The minimum Gasteiger partial charge on any atom is -0.338 e. The molecular weight excluding hydrogens is 572 g/mol. The van der Waals surface area contributed by atoms with E-state index in [2.05, 4.69) is 50.4 Å². The number of anilines is 1. The lowest BCUT2D eigenvalue weighted by Gasteiger charge is -2.25. The van der Waals surface area contributed by atoms with Gasteiger partial charge in [-0.25, -0.2) is 4.79 Å². The van der Waals surface area contributed by atoms with Crippen molar-refractivity contribution in [1.29, 1.82) is 0 Å². The Kier molecular flexibility index (Phi) is 31.8. The average Bonchev–Trinajstić information content (AvgIpc) is 3.08.